The molecule has 7 unspecified atom stereocenters. The number of rotatable bonds is 12. The highest BCUT2D eigenvalue weighted by Gasteiger charge is 2.43. The van der Waals surface area contributed by atoms with Gasteiger partial charge in [-0.25, -0.2) is 4.79 Å². The zero-order chi connectivity index (χ0) is 27.5. The molecule has 1 heterocycles. The Labute approximate surface area is 214 Å². The van der Waals surface area contributed by atoms with Gasteiger partial charge in [0, 0.05) is 6.08 Å². The maximum Gasteiger partial charge on any atom is 0.328 e. The molecule has 0 spiro atoms. The zero-order valence-corrected chi connectivity index (χ0v) is 22.0. The summed E-state index contributed by atoms with van der Waals surface area (Å²) in [7, 11) is 0. The van der Waals surface area contributed by atoms with Crippen molar-refractivity contribution in [3.8, 4) is 0 Å². The second-order valence-electron chi connectivity index (χ2n) is 9.67. The monoisotopic (exact) mass is 506 g/mol. The number of ether oxygens (including phenoxy) is 2. The molecule has 0 aliphatic carbocycles. The van der Waals surface area contributed by atoms with Gasteiger partial charge in [-0.3, -0.25) is 0 Å². The van der Waals surface area contributed by atoms with E-state index in [2.05, 4.69) is 0 Å². The van der Waals surface area contributed by atoms with E-state index in [0.717, 1.165) is 22.8 Å². The van der Waals surface area contributed by atoms with Crippen molar-refractivity contribution < 1.29 is 39.8 Å². The lowest BCUT2D eigenvalue weighted by Gasteiger charge is -2.40. The van der Waals surface area contributed by atoms with Crippen LogP contribution in [0.4, 0.5) is 0 Å². The van der Waals surface area contributed by atoms with Crippen LogP contribution >= 0.6 is 0 Å². The van der Waals surface area contributed by atoms with Crippen LogP contribution in [0.1, 0.15) is 54.4 Å². The Morgan fingerprint density at radius 2 is 1.69 bits per heavy atom. The van der Waals surface area contributed by atoms with Gasteiger partial charge in [0.15, 0.2) is 6.29 Å². The van der Waals surface area contributed by atoms with Crippen molar-refractivity contribution in [1.82, 2.24) is 0 Å². The predicted octanol–water partition coefficient (Wildman–Crippen LogP) is 3.34. The molecule has 0 aromatic carbocycles. The fraction of sp³-hybridized carbons (Fsp3) is 0.536. The Balaban J connectivity index is 2.92. The van der Waals surface area contributed by atoms with Crippen molar-refractivity contribution in [1.29, 1.82) is 0 Å². The Kier molecular flexibility index (Phi) is 13.2. The van der Waals surface area contributed by atoms with E-state index in [4.69, 9.17) is 14.6 Å². The van der Waals surface area contributed by atoms with Crippen LogP contribution in [0, 0.1) is 0 Å². The van der Waals surface area contributed by atoms with E-state index in [1.54, 1.807) is 32.1 Å². The van der Waals surface area contributed by atoms with E-state index in [1.165, 1.54) is 6.08 Å². The molecule has 0 amide bonds. The molecule has 202 valence electrons. The van der Waals surface area contributed by atoms with E-state index < -0.39 is 48.4 Å². The molecule has 0 bridgehead atoms. The molecule has 0 saturated carbocycles. The van der Waals surface area contributed by atoms with Gasteiger partial charge in [0.1, 0.15) is 18.3 Å². The lowest BCUT2D eigenvalue weighted by atomic mass is 9.98. The third-order valence-electron chi connectivity index (χ3n) is 5.63. The molecule has 8 nitrogen and oxygen atoms in total. The standard InChI is InChI=1S/C28H42O8/c1-18(2)14-15-22(36-27-26(33)25(32)24(31)21(5)35-27)20(4)12-10-11-19(3)17-28(6,34)16-9-7-8-13-23(29)30/h7-14,17,21-22,24-27,31-34H,15-16H2,1-6H3,(H,29,30). The Morgan fingerprint density at radius 1 is 1.03 bits per heavy atom. The van der Waals surface area contributed by atoms with Crippen LogP contribution in [0.25, 0.3) is 0 Å². The summed E-state index contributed by atoms with van der Waals surface area (Å²) in [5.74, 6) is -1.03. The summed E-state index contributed by atoms with van der Waals surface area (Å²) in [6.45, 7) is 11.0. The minimum Gasteiger partial charge on any atom is -0.478 e. The molecule has 8 heteroatoms. The summed E-state index contributed by atoms with van der Waals surface area (Å²) in [4.78, 5) is 10.5. The van der Waals surface area contributed by atoms with Gasteiger partial charge in [0.2, 0.25) is 0 Å². The SMILES string of the molecule is CC(C)=CCC(OC1OC(C)C(O)C(O)C1O)C(C)=CC=CC(C)=CC(C)(O)CC=CC=CC(=O)O. The van der Waals surface area contributed by atoms with Gasteiger partial charge in [0.25, 0.3) is 0 Å². The first kappa shape index (κ1) is 31.7. The topological polar surface area (TPSA) is 137 Å². The molecule has 0 aromatic rings. The summed E-state index contributed by atoms with van der Waals surface area (Å²) >= 11 is 0. The molecular formula is C28H42O8. The van der Waals surface area contributed by atoms with E-state index in [9.17, 15) is 25.2 Å². The van der Waals surface area contributed by atoms with E-state index in [0.29, 0.717) is 12.8 Å². The normalized spacial score (nSPS) is 28.6. The highest BCUT2D eigenvalue weighted by Crippen LogP contribution is 2.25. The quantitative estimate of drug-likeness (QED) is 0.154. The average Bonchev–Trinajstić information content (AvgIpc) is 2.77. The molecule has 0 aromatic heterocycles. The zero-order valence-electron chi connectivity index (χ0n) is 22.0. The fourth-order valence-electron chi connectivity index (χ4n) is 3.56. The lowest BCUT2D eigenvalue weighted by Crippen LogP contribution is -2.58. The Morgan fingerprint density at radius 3 is 2.31 bits per heavy atom. The molecule has 1 rings (SSSR count). The molecule has 1 saturated heterocycles. The van der Waals surface area contributed by atoms with Gasteiger partial charge in [-0.1, -0.05) is 59.8 Å². The number of carbonyl (C=O) groups is 1. The first-order chi connectivity index (χ1) is 16.7. The highest BCUT2D eigenvalue weighted by atomic mass is 16.7. The van der Waals surface area contributed by atoms with Crippen molar-refractivity contribution in [3.05, 3.63) is 71.4 Å². The summed E-state index contributed by atoms with van der Waals surface area (Å²) in [5, 5.41) is 49.5. The maximum absolute atomic E-state index is 10.6. The van der Waals surface area contributed by atoms with E-state index >= 15 is 0 Å². The van der Waals surface area contributed by atoms with Gasteiger partial charge < -0.3 is 35.0 Å². The summed E-state index contributed by atoms with van der Waals surface area (Å²) in [5.41, 5.74) is 1.69. The number of carboxylic acids is 1. The third kappa shape index (κ3) is 11.6. The number of aliphatic hydroxyl groups is 4. The molecule has 1 fully saturated rings. The second kappa shape index (κ2) is 15.0. The Bertz CT molecular complexity index is 889. The van der Waals surface area contributed by atoms with Crippen molar-refractivity contribution >= 4 is 5.97 Å². The van der Waals surface area contributed by atoms with Crippen LogP contribution < -0.4 is 0 Å². The van der Waals surface area contributed by atoms with Crippen molar-refractivity contribution in [3.63, 3.8) is 0 Å². The molecule has 36 heavy (non-hydrogen) atoms. The first-order valence-corrected chi connectivity index (χ1v) is 12.0. The van der Waals surface area contributed by atoms with Gasteiger partial charge in [-0.15, -0.1) is 0 Å². The van der Waals surface area contributed by atoms with Crippen LogP contribution in [0.5, 0.6) is 0 Å². The summed E-state index contributed by atoms with van der Waals surface area (Å²) in [6.07, 6.45) is 9.67. The van der Waals surface area contributed by atoms with Crippen LogP contribution in [0.3, 0.4) is 0 Å². The molecule has 1 aliphatic heterocycles. The van der Waals surface area contributed by atoms with Crippen LogP contribution in [0.15, 0.2) is 71.4 Å². The molecule has 0 radical (unpaired) electrons. The largest absolute Gasteiger partial charge is 0.478 e. The highest BCUT2D eigenvalue weighted by molar-refractivity contribution is 5.80. The first-order valence-electron chi connectivity index (χ1n) is 12.0. The summed E-state index contributed by atoms with van der Waals surface area (Å²) < 4.78 is 11.6. The van der Waals surface area contributed by atoms with Crippen molar-refractivity contribution in [2.24, 2.45) is 0 Å². The molecule has 7 atom stereocenters. The fourth-order valence-corrected chi connectivity index (χ4v) is 3.56. The van der Waals surface area contributed by atoms with Crippen molar-refractivity contribution in [2.75, 3.05) is 0 Å². The molecule has 5 N–H and O–H groups in total. The molecule has 1 aliphatic rings. The summed E-state index contributed by atoms with van der Waals surface area (Å²) in [6, 6.07) is 0. The van der Waals surface area contributed by atoms with Crippen LogP contribution in [-0.2, 0) is 14.3 Å². The third-order valence-corrected chi connectivity index (χ3v) is 5.63. The second-order valence-corrected chi connectivity index (χ2v) is 9.67. The minimum absolute atomic E-state index is 0.318. The number of aliphatic carboxylic acids is 1. The van der Waals surface area contributed by atoms with Gasteiger partial charge in [-0.05, 0) is 60.0 Å². The smallest absolute Gasteiger partial charge is 0.328 e. The maximum atomic E-state index is 10.6. The van der Waals surface area contributed by atoms with Gasteiger partial charge >= 0.3 is 5.97 Å². The number of allylic oxidation sites excluding steroid dienone is 7. The number of hydrogen-bond donors (Lipinski definition) is 5. The molecular weight excluding hydrogens is 464 g/mol. The van der Waals surface area contributed by atoms with Crippen LogP contribution in [-0.4, -0.2) is 73.9 Å². The lowest BCUT2D eigenvalue weighted by molar-refractivity contribution is -0.300. The predicted molar refractivity (Wildman–Crippen MR) is 139 cm³/mol. The Hall–Kier alpha value is -2.33. The van der Waals surface area contributed by atoms with Gasteiger partial charge in [-0.2, -0.15) is 0 Å². The average molecular weight is 507 g/mol. The number of aliphatic hydroxyl groups excluding tert-OH is 3. The van der Waals surface area contributed by atoms with Crippen molar-refractivity contribution in [2.45, 2.75) is 96.8 Å². The van der Waals surface area contributed by atoms with Gasteiger partial charge in [0.05, 0.1) is 17.8 Å². The number of hydrogen-bond acceptors (Lipinski definition) is 7. The van der Waals surface area contributed by atoms with Crippen LogP contribution in [0.2, 0.25) is 0 Å². The van der Waals surface area contributed by atoms with E-state index in [-0.39, 0.29) is 0 Å². The number of carboxylic acid groups (broad SMARTS) is 1. The minimum atomic E-state index is -1.38. The van der Waals surface area contributed by atoms with E-state index in [1.807, 2.05) is 52.0 Å².